The van der Waals surface area contributed by atoms with Gasteiger partial charge in [-0.3, -0.25) is 4.79 Å². The largest absolute Gasteiger partial charge is 0.471 e. The van der Waals surface area contributed by atoms with E-state index in [-0.39, 0.29) is 17.9 Å². The summed E-state index contributed by atoms with van der Waals surface area (Å²) in [5, 5.41) is 0. The summed E-state index contributed by atoms with van der Waals surface area (Å²) in [6.45, 7) is 2.66. The van der Waals surface area contributed by atoms with Gasteiger partial charge in [0.05, 0.1) is 19.5 Å². The van der Waals surface area contributed by atoms with Crippen molar-refractivity contribution >= 4 is 5.91 Å². The third-order valence-corrected chi connectivity index (χ3v) is 3.94. The average molecular weight is 350 g/mol. The van der Waals surface area contributed by atoms with Gasteiger partial charge in [0.25, 0.3) is 0 Å². The van der Waals surface area contributed by atoms with Crippen LogP contribution in [0.1, 0.15) is 16.8 Å². The number of nitrogens with zero attached hydrogens (tertiary/aromatic N) is 2. The van der Waals surface area contributed by atoms with Crippen molar-refractivity contribution in [3.63, 3.8) is 0 Å². The van der Waals surface area contributed by atoms with Gasteiger partial charge in [0, 0.05) is 6.07 Å². The Morgan fingerprint density at radius 2 is 1.96 bits per heavy atom. The Labute approximate surface area is 143 Å². The van der Waals surface area contributed by atoms with E-state index in [4.69, 9.17) is 4.74 Å². The van der Waals surface area contributed by atoms with Crippen molar-refractivity contribution < 1.29 is 22.7 Å². The van der Waals surface area contributed by atoms with E-state index in [9.17, 15) is 18.0 Å². The second-order valence-electron chi connectivity index (χ2n) is 6.06. The Morgan fingerprint density at radius 1 is 1.24 bits per heavy atom. The van der Waals surface area contributed by atoms with E-state index >= 15 is 0 Å². The van der Waals surface area contributed by atoms with Gasteiger partial charge in [-0.1, -0.05) is 35.9 Å². The SMILES string of the molecule is Cc1cccc(CC(=O)N2CC(Oc3cccc(C(F)(F)F)n3)C2)c1. The molecule has 132 valence electrons. The van der Waals surface area contributed by atoms with E-state index in [1.165, 1.54) is 12.1 Å². The summed E-state index contributed by atoms with van der Waals surface area (Å²) < 4.78 is 43.3. The quantitative estimate of drug-likeness (QED) is 0.850. The van der Waals surface area contributed by atoms with Crippen LogP contribution in [-0.4, -0.2) is 35.0 Å². The number of carbonyl (C=O) groups excluding carboxylic acids is 1. The summed E-state index contributed by atoms with van der Waals surface area (Å²) in [5.41, 5.74) is 1.04. The summed E-state index contributed by atoms with van der Waals surface area (Å²) in [4.78, 5) is 17.3. The minimum absolute atomic E-state index is 0.0255. The van der Waals surface area contributed by atoms with Crippen LogP contribution < -0.4 is 4.74 Å². The third kappa shape index (κ3) is 4.29. The number of halogens is 3. The topological polar surface area (TPSA) is 42.4 Å². The summed E-state index contributed by atoms with van der Waals surface area (Å²) in [7, 11) is 0. The van der Waals surface area contributed by atoms with Gasteiger partial charge in [0.2, 0.25) is 11.8 Å². The molecule has 1 fully saturated rings. The number of amides is 1. The molecule has 1 aliphatic heterocycles. The van der Waals surface area contributed by atoms with E-state index in [2.05, 4.69) is 4.98 Å². The maximum Gasteiger partial charge on any atom is 0.433 e. The van der Waals surface area contributed by atoms with Gasteiger partial charge < -0.3 is 9.64 Å². The van der Waals surface area contributed by atoms with Crippen molar-refractivity contribution in [1.82, 2.24) is 9.88 Å². The summed E-state index contributed by atoms with van der Waals surface area (Å²) >= 11 is 0. The standard InChI is InChI=1S/C18H17F3N2O2/c1-12-4-2-5-13(8-12)9-17(24)23-10-14(11-23)25-16-7-3-6-15(22-16)18(19,20)21/h2-8,14H,9-11H2,1H3. The molecule has 4 nitrogen and oxygen atoms in total. The first-order valence-electron chi connectivity index (χ1n) is 7.85. The van der Waals surface area contributed by atoms with E-state index in [0.29, 0.717) is 19.5 Å². The molecule has 0 radical (unpaired) electrons. The van der Waals surface area contributed by atoms with Gasteiger partial charge in [-0.05, 0) is 18.6 Å². The van der Waals surface area contributed by atoms with E-state index in [0.717, 1.165) is 17.2 Å². The lowest BCUT2D eigenvalue weighted by Gasteiger charge is -2.38. The smallest absolute Gasteiger partial charge is 0.433 e. The predicted molar refractivity (Wildman–Crippen MR) is 85.1 cm³/mol. The number of pyridine rings is 1. The highest BCUT2D eigenvalue weighted by atomic mass is 19.4. The molecule has 1 aliphatic rings. The lowest BCUT2D eigenvalue weighted by molar-refractivity contribution is -0.141. The molecule has 0 bridgehead atoms. The highest BCUT2D eigenvalue weighted by Gasteiger charge is 2.35. The van der Waals surface area contributed by atoms with Gasteiger partial charge >= 0.3 is 6.18 Å². The molecule has 1 saturated heterocycles. The average Bonchev–Trinajstić information content (AvgIpc) is 2.50. The maximum atomic E-state index is 12.6. The molecule has 7 heteroatoms. The van der Waals surface area contributed by atoms with Crippen molar-refractivity contribution in [2.75, 3.05) is 13.1 Å². The third-order valence-electron chi connectivity index (χ3n) is 3.94. The summed E-state index contributed by atoms with van der Waals surface area (Å²) in [5.74, 6) is -0.104. The van der Waals surface area contributed by atoms with E-state index in [1.807, 2.05) is 31.2 Å². The number of alkyl halides is 3. The van der Waals surface area contributed by atoms with Gasteiger partial charge in [0.15, 0.2) is 0 Å². The molecule has 0 saturated carbocycles. The first kappa shape index (κ1) is 17.3. The van der Waals surface area contributed by atoms with Gasteiger partial charge in [-0.2, -0.15) is 13.2 Å². The van der Waals surface area contributed by atoms with Crippen LogP contribution in [0.3, 0.4) is 0 Å². The predicted octanol–water partition coefficient (Wildman–Crippen LogP) is 3.24. The van der Waals surface area contributed by atoms with Crippen LogP contribution in [0.15, 0.2) is 42.5 Å². The molecule has 0 atom stereocenters. The van der Waals surface area contributed by atoms with Crippen LogP contribution in [0, 0.1) is 6.92 Å². The monoisotopic (exact) mass is 350 g/mol. The molecule has 2 aromatic rings. The molecule has 1 aromatic carbocycles. The molecule has 1 aromatic heterocycles. The van der Waals surface area contributed by atoms with E-state index in [1.54, 1.807) is 4.90 Å². The van der Waals surface area contributed by atoms with Crippen LogP contribution in [0.4, 0.5) is 13.2 Å². The van der Waals surface area contributed by atoms with Crippen LogP contribution in [0.5, 0.6) is 5.88 Å². The van der Waals surface area contributed by atoms with Crippen LogP contribution in [0.25, 0.3) is 0 Å². The summed E-state index contributed by atoms with van der Waals surface area (Å²) in [6, 6.07) is 11.2. The Bertz CT molecular complexity index is 771. The molecular weight excluding hydrogens is 333 g/mol. The second-order valence-corrected chi connectivity index (χ2v) is 6.06. The number of benzene rings is 1. The van der Waals surface area contributed by atoms with Crippen LogP contribution >= 0.6 is 0 Å². The van der Waals surface area contributed by atoms with Gasteiger partial charge in [0.1, 0.15) is 11.8 Å². The molecule has 1 amide bonds. The van der Waals surface area contributed by atoms with Gasteiger partial charge in [-0.25, -0.2) is 4.98 Å². The van der Waals surface area contributed by atoms with Crippen molar-refractivity contribution in [1.29, 1.82) is 0 Å². The fourth-order valence-electron chi connectivity index (χ4n) is 2.63. The number of carbonyl (C=O) groups is 1. The maximum absolute atomic E-state index is 12.6. The number of rotatable bonds is 4. The number of aryl methyl sites for hydroxylation is 1. The minimum atomic E-state index is -4.51. The Kier molecular flexibility index (Phi) is 4.65. The molecule has 2 heterocycles. The zero-order chi connectivity index (χ0) is 18.0. The lowest BCUT2D eigenvalue weighted by Crippen LogP contribution is -2.56. The Balaban J connectivity index is 1.52. The zero-order valence-electron chi connectivity index (χ0n) is 13.6. The number of aromatic nitrogens is 1. The van der Waals surface area contributed by atoms with Crippen LogP contribution in [0.2, 0.25) is 0 Å². The van der Waals surface area contributed by atoms with Gasteiger partial charge in [-0.15, -0.1) is 0 Å². The number of ether oxygens (including phenoxy) is 1. The van der Waals surface area contributed by atoms with Crippen LogP contribution in [-0.2, 0) is 17.4 Å². The Hall–Kier alpha value is -2.57. The molecule has 0 aliphatic carbocycles. The zero-order valence-corrected chi connectivity index (χ0v) is 13.6. The molecule has 3 rings (SSSR count). The van der Waals surface area contributed by atoms with E-state index < -0.39 is 11.9 Å². The van der Waals surface area contributed by atoms with Crippen molar-refractivity contribution in [3.05, 3.63) is 59.3 Å². The van der Waals surface area contributed by atoms with Crippen molar-refractivity contribution in [3.8, 4) is 5.88 Å². The molecule has 0 spiro atoms. The van der Waals surface area contributed by atoms with Crippen molar-refractivity contribution in [2.24, 2.45) is 0 Å². The normalized spacial score (nSPS) is 15.0. The first-order valence-corrected chi connectivity index (χ1v) is 7.85. The number of hydrogen-bond donors (Lipinski definition) is 0. The fraction of sp³-hybridized carbons (Fsp3) is 0.333. The highest BCUT2D eigenvalue weighted by Crippen LogP contribution is 2.29. The summed E-state index contributed by atoms with van der Waals surface area (Å²) in [6.07, 6.45) is -4.54. The molecule has 0 N–H and O–H groups in total. The number of likely N-dealkylation sites (tertiary alicyclic amines) is 1. The fourth-order valence-corrected chi connectivity index (χ4v) is 2.63. The van der Waals surface area contributed by atoms with Crippen molar-refractivity contribution in [2.45, 2.75) is 25.6 Å². The lowest BCUT2D eigenvalue weighted by atomic mass is 10.1. The molecular formula is C18H17F3N2O2. The second kappa shape index (κ2) is 6.74. The molecule has 0 unspecified atom stereocenters. The molecule has 25 heavy (non-hydrogen) atoms. The highest BCUT2D eigenvalue weighted by molar-refractivity contribution is 5.79. The minimum Gasteiger partial charge on any atom is -0.471 e. The first-order chi connectivity index (χ1) is 11.8. The number of hydrogen-bond acceptors (Lipinski definition) is 3. The Morgan fingerprint density at radius 3 is 2.64 bits per heavy atom.